The molecule has 0 spiro atoms. The van der Waals surface area contributed by atoms with Crippen molar-refractivity contribution in [1.29, 1.82) is 0 Å². The van der Waals surface area contributed by atoms with Gasteiger partial charge in [-0.05, 0) is 30.2 Å². The molecule has 1 aliphatic heterocycles. The molecule has 1 N–H and O–H groups in total. The van der Waals surface area contributed by atoms with Gasteiger partial charge in [0.15, 0.2) is 16.1 Å². The molecule has 3 aromatic rings. The number of methoxy groups -OCH3 is 1. The van der Waals surface area contributed by atoms with Crippen molar-refractivity contribution in [2.24, 2.45) is 0 Å². The predicted octanol–water partition coefficient (Wildman–Crippen LogP) is 3.88. The summed E-state index contributed by atoms with van der Waals surface area (Å²) in [6, 6.07) is 26.0. The van der Waals surface area contributed by atoms with Gasteiger partial charge in [-0.15, -0.1) is 0 Å². The summed E-state index contributed by atoms with van der Waals surface area (Å²) in [7, 11) is -2.21. The molecule has 0 saturated carbocycles. The van der Waals surface area contributed by atoms with E-state index in [2.05, 4.69) is 5.32 Å². The van der Waals surface area contributed by atoms with E-state index in [0.29, 0.717) is 13.2 Å². The zero-order valence-corrected chi connectivity index (χ0v) is 20.3. The van der Waals surface area contributed by atoms with Gasteiger partial charge in [-0.3, -0.25) is 0 Å². The third-order valence-corrected chi connectivity index (χ3v) is 8.28. The van der Waals surface area contributed by atoms with Crippen LogP contribution in [0, 0.1) is 6.92 Å². The average Bonchev–Trinajstić information content (AvgIpc) is 3.22. The second-order valence-corrected chi connectivity index (χ2v) is 10.6. The van der Waals surface area contributed by atoms with Crippen molar-refractivity contribution in [3.05, 3.63) is 102 Å². The Morgan fingerprint density at radius 2 is 1.50 bits per heavy atom. The summed E-state index contributed by atoms with van der Waals surface area (Å²) in [5, 5.41) is 2.51. The molecular weight excluding hydrogens is 450 g/mol. The number of sulfone groups is 1. The van der Waals surface area contributed by atoms with E-state index in [9.17, 15) is 8.42 Å². The van der Waals surface area contributed by atoms with E-state index in [-0.39, 0.29) is 11.5 Å². The Hall–Kier alpha value is -2.55. The lowest BCUT2D eigenvalue weighted by Gasteiger charge is -2.25. The van der Waals surface area contributed by atoms with E-state index in [1.807, 2.05) is 79.7 Å². The normalized spacial score (nSPS) is 22.6. The number of rotatable bonds is 10. The van der Waals surface area contributed by atoms with Gasteiger partial charge < -0.3 is 19.5 Å². The number of hydrogen-bond acceptors (Lipinski definition) is 6. The molecule has 180 valence electrons. The molecule has 3 aromatic carbocycles. The molecule has 0 amide bonds. The largest absolute Gasteiger partial charge is 0.374 e. The van der Waals surface area contributed by atoms with Crippen molar-refractivity contribution in [2.75, 3.05) is 13.7 Å². The van der Waals surface area contributed by atoms with Gasteiger partial charge in [0, 0.05) is 13.7 Å². The van der Waals surface area contributed by atoms with Gasteiger partial charge in [0.2, 0.25) is 0 Å². The first-order chi connectivity index (χ1) is 16.5. The van der Waals surface area contributed by atoms with Crippen LogP contribution in [0.4, 0.5) is 0 Å². The van der Waals surface area contributed by atoms with Crippen molar-refractivity contribution in [3.8, 4) is 0 Å². The topological polar surface area (TPSA) is 73.9 Å². The van der Waals surface area contributed by atoms with E-state index in [4.69, 9.17) is 14.2 Å². The molecule has 34 heavy (non-hydrogen) atoms. The van der Waals surface area contributed by atoms with E-state index in [0.717, 1.165) is 16.7 Å². The third kappa shape index (κ3) is 5.74. The van der Waals surface area contributed by atoms with Crippen molar-refractivity contribution in [3.63, 3.8) is 0 Å². The quantitative estimate of drug-likeness (QED) is 0.474. The molecule has 7 heteroatoms. The Bertz CT molecular complexity index is 1140. The molecule has 1 heterocycles. The fourth-order valence-electron chi connectivity index (χ4n) is 4.25. The van der Waals surface area contributed by atoms with Gasteiger partial charge in [-0.2, -0.15) is 0 Å². The Morgan fingerprint density at radius 1 is 0.882 bits per heavy atom. The summed E-state index contributed by atoms with van der Waals surface area (Å²) in [6.45, 7) is 2.93. The van der Waals surface area contributed by atoms with Gasteiger partial charge in [0.1, 0.15) is 11.4 Å². The fraction of sp³-hybridized carbons (Fsp3) is 0.333. The first kappa shape index (κ1) is 24.6. The molecule has 0 unspecified atom stereocenters. The van der Waals surface area contributed by atoms with Crippen molar-refractivity contribution >= 4 is 9.84 Å². The maximum absolute atomic E-state index is 13.8. The van der Waals surface area contributed by atoms with Crippen LogP contribution in [0.25, 0.3) is 0 Å². The zero-order chi connectivity index (χ0) is 24.0. The first-order valence-corrected chi connectivity index (χ1v) is 12.9. The highest BCUT2D eigenvalue weighted by Crippen LogP contribution is 2.32. The van der Waals surface area contributed by atoms with Crippen molar-refractivity contribution in [2.45, 2.75) is 48.7 Å². The monoisotopic (exact) mass is 481 g/mol. The minimum absolute atomic E-state index is 0.133. The molecule has 0 radical (unpaired) electrons. The standard InChI is InChI=1S/C27H31NO5S/c1-20-13-15-23(16-14-20)34(29,30)26-24(19-32-18-22-11-7-4-8-12-22)33-27(31-2)25(26)28-17-21-9-5-3-6-10-21/h3-16,24-28H,17-19H2,1-2H3/t24-,25+,26-,27-/m1/s1. The summed E-state index contributed by atoms with van der Waals surface area (Å²) in [5.41, 5.74) is 3.06. The number of aryl methyl sites for hydroxylation is 1. The summed E-state index contributed by atoms with van der Waals surface area (Å²) in [5.74, 6) is 0. The predicted molar refractivity (Wildman–Crippen MR) is 131 cm³/mol. The highest BCUT2D eigenvalue weighted by atomic mass is 32.2. The van der Waals surface area contributed by atoms with Crippen LogP contribution in [0.3, 0.4) is 0 Å². The van der Waals surface area contributed by atoms with Gasteiger partial charge >= 0.3 is 0 Å². The molecule has 1 fully saturated rings. The minimum atomic E-state index is -3.74. The summed E-state index contributed by atoms with van der Waals surface area (Å²) in [6.07, 6.45) is -1.41. The molecule has 4 rings (SSSR count). The van der Waals surface area contributed by atoms with E-state index in [1.165, 1.54) is 7.11 Å². The second kappa shape index (κ2) is 11.3. The molecule has 0 aromatic heterocycles. The Labute approximate surface area is 201 Å². The summed E-state index contributed by atoms with van der Waals surface area (Å²) in [4.78, 5) is 0.267. The Balaban J connectivity index is 1.58. The van der Waals surface area contributed by atoms with Gasteiger partial charge in [-0.25, -0.2) is 8.42 Å². The minimum Gasteiger partial charge on any atom is -0.374 e. The molecular formula is C27H31NO5S. The van der Waals surface area contributed by atoms with E-state index in [1.54, 1.807) is 12.1 Å². The Kier molecular flexibility index (Phi) is 8.13. The molecule has 1 aliphatic rings. The van der Waals surface area contributed by atoms with Crippen LogP contribution in [0.5, 0.6) is 0 Å². The number of ether oxygens (including phenoxy) is 3. The van der Waals surface area contributed by atoms with Crippen LogP contribution in [0.15, 0.2) is 89.8 Å². The summed E-state index contributed by atoms with van der Waals surface area (Å²) < 4.78 is 45.3. The van der Waals surface area contributed by atoms with Crippen LogP contribution in [-0.2, 0) is 37.2 Å². The van der Waals surface area contributed by atoms with Crippen molar-refractivity contribution < 1.29 is 22.6 Å². The maximum Gasteiger partial charge on any atom is 0.185 e. The number of nitrogens with one attached hydrogen (secondary N) is 1. The van der Waals surface area contributed by atoms with E-state index >= 15 is 0 Å². The molecule has 4 atom stereocenters. The number of hydrogen-bond donors (Lipinski definition) is 1. The Morgan fingerprint density at radius 3 is 2.12 bits per heavy atom. The van der Waals surface area contributed by atoms with Crippen LogP contribution >= 0.6 is 0 Å². The molecule has 6 nitrogen and oxygen atoms in total. The number of benzene rings is 3. The highest BCUT2D eigenvalue weighted by Gasteiger charge is 2.52. The van der Waals surface area contributed by atoms with Crippen LogP contribution < -0.4 is 5.32 Å². The third-order valence-electron chi connectivity index (χ3n) is 6.04. The van der Waals surface area contributed by atoms with Crippen LogP contribution in [0.2, 0.25) is 0 Å². The van der Waals surface area contributed by atoms with Crippen LogP contribution in [-0.4, -0.2) is 45.8 Å². The lowest BCUT2D eigenvalue weighted by molar-refractivity contribution is -0.136. The van der Waals surface area contributed by atoms with Crippen LogP contribution in [0.1, 0.15) is 16.7 Å². The zero-order valence-electron chi connectivity index (χ0n) is 19.5. The smallest absolute Gasteiger partial charge is 0.185 e. The lowest BCUT2D eigenvalue weighted by Crippen LogP contribution is -2.49. The van der Waals surface area contributed by atoms with E-state index < -0.39 is 33.5 Å². The molecule has 1 saturated heterocycles. The van der Waals surface area contributed by atoms with Gasteiger partial charge in [-0.1, -0.05) is 78.4 Å². The second-order valence-electron chi connectivity index (χ2n) is 8.49. The van der Waals surface area contributed by atoms with Crippen molar-refractivity contribution in [1.82, 2.24) is 5.32 Å². The first-order valence-electron chi connectivity index (χ1n) is 11.4. The average molecular weight is 482 g/mol. The molecule has 0 aliphatic carbocycles. The lowest BCUT2D eigenvalue weighted by atomic mass is 10.1. The van der Waals surface area contributed by atoms with Gasteiger partial charge in [0.25, 0.3) is 0 Å². The summed E-state index contributed by atoms with van der Waals surface area (Å²) >= 11 is 0. The molecule has 0 bridgehead atoms. The maximum atomic E-state index is 13.8. The highest BCUT2D eigenvalue weighted by molar-refractivity contribution is 7.92. The SMILES string of the molecule is CO[C@@H]1O[C@H](COCc2ccccc2)[C@@H](S(=O)(=O)c2ccc(C)cc2)[C@@H]1NCc1ccccc1. The fourth-order valence-corrected chi connectivity index (χ4v) is 6.23. The van der Waals surface area contributed by atoms with Gasteiger partial charge in [0.05, 0.1) is 24.2 Å².